The molecule has 5 rings (SSSR count). The van der Waals surface area contributed by atoms with E-state index in [9.17, 15) is 0 Å². The Kier molecular flexibility index (Phi) is 4.12. The minimum absolute atomic E-state index is 0.0183. The van der Waals surface area contributed by atoms with Crippen molar-refractivity contribution in [1.82, 2.24) is 0 Å². The zero-order chi connectivity index (χ0) is 19.0. The predicted octanol–water partition coefficient (Wildman–Crippen LogP) is 2.17. The summed E-state index contributed by atoms with van der Waals surface area (Å²) in [5.74, 6) is 0.451. The van der Waals surface area contributed by atoms with E-state index in [1.54, 1.807) is 14.2 Å². The second-order valence-corrected chi connectivity index (χ2v) is 9.25. The lowest BCUT2D eigenvalue weighted by Gasteiger charge is -2.49. The van der Waals surface area contributed by atoms with Crippen molar-refractivity contribution in [2.75, 3.05) is 40.6 Å². The van der Waals surface area contributed by atoms with E-state index < -0.39 is 5.60 Å². The van der Waals surface area contributed by atoms with Gasteiger partial charge in [0.2, 0.25) is 0 Å². The second-order valence-electron chi connectivity index (χ2n) is 9.25. The molecular weight excluding hydrogens is 348 g/mol. The van der Waals surface area contributed by atoms with Crippen LogP contribution in [0.3, 0.4) is 0 Å². The zero-order valence-electron chi connectivity index (χ0n) is 16.9. The molecular formula is C21H32O6. The van der Waals surface area contributed by atoms with E-state index in [1.807, 2.05) is 0 Å². The molecule has 1 saturated carbocycles. The van der Waals surface area contributed by atoms with Gasteiger partial charge < -0.3 is 28.4 Å². The smallest absolute Gasteiger partial charge is 0.168 e. The maximum Gasteiger partial charge on any atom is 0.168 e. The Morgan fingerprint density at radius 1 is 1.19 bits per heavy atom. The lowest BCUT2D eigenvalue weighted by atomic mass is 9.51. The first kappa shape index (κ1) is 18.5. The van der Waals surface area contributed by atoms with Crippen molar-refractivity contribution in [3.63, 3.8) is 0 Å². The van der Waals surface area contributed by atoms with Crippen molar-refractivity contribution in [3.8, 4) is 0 Å². The molecule has 27 heavy (non-hydrogen) atoms. The summed E-state index contributed by atoms with van der Waals surface area (Å²) in [5.41, 5.74) is 0.250. The van der Waals surface area contributed by atoms with Gasteiger partial charge in [-0.05, 0) is 25.7 Å². The van der Waals surface area contributed by atoms with Gasteiger partial charge in [0.05, 0.1) is 50.2 Å². The van der Waals surface area contributed by atoms with Crippen LogP contribution in [0.5, 0.6) is 0 Å². The molecule has 0 aromatic carbocycles. The maximum absolute atomic E-state index is 6.86. The molecule has 0 aromatic rings. The molecule has 0 amide bonds. The van der Waals surface area contributed by atoms with E-state index in [2.05, 4.69) is 20.4 Å². The van der Waals surface area contributed by atoms with Gasteiger partial charge in [-0.15, -0.1) is 0 Å². The Morgan fingerprint density at radius 2 is 2.00 bits per heavy atom. The summed E-state index contributed by atoms with van der Waals surface area (Å²) in [7, 11) is 3.53. The molecule has 5 aliphatic rings. The highest BCUT2D eigenvalue weighted by molar-refractivity contribution is 5.35. The van der Waals surface area contributed by atoms with Crippen LogP contribution >= 0.6 is 0 Å². The summed E-state index contributed by atoms with van der Waals surface area (Å²) < 4.78 is 37.5. The fraction of sp³-hybridized carbons (Fsp3) is 0.905. The van der Waals surface area contributed by atoms with Gasteiger partial charge in [-0.25, -0.2) is 0 Å². The average molecular weight is 380 g/mol. The van der Waals surface area contributed by atoms with Crippen molar-refractivity contribution in [3.05, 3.63) is 12.2 Å². The first-order valence-corrected chi connectivity index (χ1v) is 10.2. The minimum Gasteiger partial charge on any atom is -0.382 e. The molecule has 152 valence electrons. The number of methoxy groups -OCH3 is 2. The highest BCUT2D eigenvalue weighted by Gasteiger charge is 2.88. The molecule has 1 aliphatic carbocycles. The number of rotatable bonds is 4. The van der Waals surface area contributed by atoms with Crippen LogP contribution in [0.15, 0.2) is 12.2 Å². The van der Waals surface area contributed by atoms with Gasteiger partial charge in [0.25, 0.3) is 0 Å². The first-order chi connectivity index (χ1) is 13.0. The molecule has 0 bridgehead atoms. The van der Waals surface area contributed by atoms with Crippen molar-refractivity contribution in [2.45, 2.75) is 56.9 Å². The van der Waals surface area contributed by atoms with Crippen molar-refractivity contribution in [1.29, 1.82) is 0 Å². The Labute approximate surface area is 161 Å². The number of allylic oxidation sites excluding steroid dienone is 1. The summed E-state index contributed by atoms with van der Waals surface area (Å²) in [6.07, 6.45) is 1.61. The van der Waals surface area contributed by atoms with Gasteiger partial charge in [0.1, 0.15) is 5.60 Å². The van der Waals surface area contributed by atoms with E-state index in [4.69, 9.17) is 28.4 Å². The highest BCUT2D eigenvalue weighted by atomic mass is 16.7. The molecule has 6 unspecified atom stereocenters. The largest absolute Gasteiger partial charge is 0.382 e. The molecule has 4 aliphatic heterocycles. The summed E-state index contributed by atoms with van der Waals surface area (Å²) in [4.78, 5) is 0. The van der Waals surface area contributed by atoms with Gasteiger partial charge in [0, 0.05) is 25.6 Å². The van der Waals surface area contributed by atoms with E-state index in [-0.39, 0.29) is 47.3 Å². The molecule has 5 fully saturated rings. The third-order valence-corrected chi connectivity index (χ3v) is 8.40. The third-order valence-electron chi connectivity index (χ3n) is 8.40. The Bertz CT molecular complexity index is 638. The molecule has 0 aromatic heterocycles. The summed E-state index contributed by atoms with van der Waals surface area (Å²) in [5, 5.41) is 0. The van der Waals surface area contributed by atoms with Crippen LogP contribution in [0.2, 0.25) is 0 Å². The molecule has 4 saturated heterocycles. The van der Waals surface area contributed by atoms with E-state index in [0.29, 0.717) is 26.4 Å². The summed E-state index contributed by atoms with van der Waals surface area (Å²) in [6, 6.07) is 0. The van der Waals surface area contributed by atoms with Gasteiger partial charge in [0.15, 0.2) is 6.29 Å². The quantitative estimate of drug-likeness (QED) is 0.697. The lowest BCUT2D eigenvalue weighted by molar-refractivity contribution is -0.194. The van der Waals surface area contributed by atoms with Crippen LogP contribution in [0.4, 0.5) is 0 Å². The van der Waals surface area contributed by atoms with Crippen LogP contribution in [0, 0.1) is 22.7 Å². The van der Waals surface area contributed by atoms with E-state index in [0.717, 1.165) is 12.8 Å². The average Bonchev–Trinajstić information content (AvgIpc) is 3.27. The van der Waals surface area contributed by atoms with Crippen molar-refractivity contribution >= 4 is 0 Å². The normalized spacial score (nSPS) is 55.9. The Balaban J connectivity index is 1.74. The second kappa shape index (κ2) is 6.00. The predicted molar refractivity (Wildman–Crippen MR) is 97.3 cm³/mol. The van der Waals surface area contributed by atoms with Crippen LogP contribution in [0.1, 0.15) is 26.7 Å². The van der Waals surface area contributed by atoms with E-state index in [1.165, 1.54) is 5.57 Å². The fourth-order valence-electron chi connectivity index (χ4n) is 7.53. The molecule has 6 nitrogen and oxygen atoms in total. The molecule has 2 spiro atoms. The minimum atomic E-state index is -0.410. The van der Waals surface area contributed by atoms with Crippen LogP contribution < -0.4 is 0 Å². The Morgan fingerprint density at radius 3 is 2.70 bits per heavy atom. The van der Waals surface area contributed by atoms with E-state index >= 15 is 0 Å². The molecule has 4 heterocycles. The molecule has 6 heteroatoms. The molecule has 9 atom stereocenters. The number of hydrogen-bond donors (Lipinski definition) is 0. The first-order valence-electron chi connectivity index (χ1n) is 10.2. The van der Waals surface area contributed by atoms with Crippen LogP contribution in [-0.2, 0) is 28.4 Å². The number of hydrogen-bond acceptors (Lipinski definition) is 6. The van der Waals surface area contributed by atoms with Gasteiger partial charge in [-0.2, -0.15) is 0 Å². The Hall–Kier alpha value is -0.500. The summed E-state index contributed by atoms with van der Waals surface area (Å²) in [6.45, 7) is 11.1. The topological polar surface area (TPSA) is 55.4 Å². The lowest BCUT2D eigenvalue weighted by Crippen LogP contribution is -2.60. The zero-order valence-corrected chi connectivity index (χ0v) is 16.9. The standard InChI is InChI=1S/C21H32O6/c1-12(2)15-6-16-19-7-14(9-22-4)24-8-13(3)20(19,11-26-16)27-18-21(15,19)17(23-5)10-25-18/h13-18H,1,6-11H2,2-5H3/t13-,14?,15+,16?,17+,18?,19?,20?,21?/m1/s1. The monoisotopic (exact) mass is 380 g/mol. The molecule has 0 radical (unpaired) electrons. The van der Waals surface area contributed by atoms with Crippen LogP contribution in [0.25, 0.3) is 0 Å². The molecule has 0 N–H and O–H groups in total. The van der Waals surface area contributed by atoms with Gasteiger partial charge in [-0.3, -0.25) is 0 Å². The SMILES string of the molecule is C=C(C)[C@@H]1CC2OCC34OC5OC[C@H](OC)C51C23CC(COC)OC[C@H]4C. The third kappa shape index (κ3) is 1.88. The maximum atomic E-state index is 6.86. The van der Waals surface area contributed by atoms with Crippen LogP contribution in [-0.4, -0.2) is 70.9 Å². The highest BCUT2D eigenvalue weighted by Crippen LogP contribution is 2.79. The van der Waals surface area contributed by atoms with Gasteiger partial charge in [-0.1, -0.05) is 19.1 Å². The van der Waals surface area contributed by atoms with Crippen molar-refractivity contribution < 1.29 is 28.4 Å². The van der Waals surface area contributed by atoms with Gasteiger partial charge >= 0.3 is 0 Å². The fourth-order valence-corrected chi connectivity index (χ4v) is 7.53. The van der Waals surface area contributed by atoms with Crippen molar-refractivity contribution in [2.24, 2.45) is 22.7 Å². The summed E-state index contributed by atoms with van der Waals surface area (Å²) >= 11 is 0. The number of ether oxygens (including phenoxy) is 6.